The van der Waals surface area contributed by atoms with E-state index in [9.17, 15) is 23.2 Å². The maximum Gasteiger partial charge on any atom is 0.276 e. The standard InChI is InChI=1S/C20H21F2N3O4/c1-12(2)18(23-19(27)15-5-3-4-6-16(15)22)20(28)25-24-17(26)11-29-14-9-7-13(21)8-10-14/h3-10,12,18H,11H2,1-2H3,(H,23,27)(H,24,26)(H,25,28)/t18-/m1/s1. The van der Waals surface area contributed by atoms with E-state index in [2.05, 4.69) is 16.2 Å². The number of amides is 3. The van der Waals surface area contributed by atoms with Gasteiger partial charge in [0.15, 0.2) is 6.61 Å². The van der Waals surface area contributed by atoms with E-state index in [4.69, 9.17) is 4.74 Å². The predicted octanol–water partition coefficient (Wildman–Crippen LogP) is 1.95. The molecule has 0 aliphatic carbocycles. The fourth-order valence-corrected chi connectivity index (χ4v) is 2.32. The van der Waals surface area contributed by atoms with Crippen LogP contribution in [0.1, 0.15) is 24.2 Å². The molecule has 7 nitrogen and oxygen atoms in total. The van der Waals surface area contributed by atoms with Crippen molar-refractivity contribution in [1.82, 2.24) is 16.2 Å². The molecule has 0 bridgehead atoms. The number of hydrazine groups is 1. The van der Waals surface area contributed by atoms with E-state index in [1.807, 2.05) is 0 Å². The van der Waals surface area contributed by atoms with E-state index < -0.39 is 42.0 Å². The predicted molar refractivity (Wildman–Crippen MR) is 101 cm³/mol. The monoisotopic (exact) mass is 405 g/mol. The Balaban J connectivity index is 1.87. The summed E-state index contributed by atoms with van der Waals surface area (Å²) in [5.41, 5.74) is 4.16. The molecule has 2 aromatic carbocycles. The van der Waals surface area contributed by atoms with Crippen molar-refractivity contribution in [3.8, 4) is 5.75 Å². The quantitative estimate of drug-likeness (QED) is 0.614. The molecule has 0 spiro atoms. The van der Waals surface area contributed by atoms with Crippen molar-refractivity contribution in [3.05, 3.63) is 65.7 Å². The molecular formula is C20H21F2N3O4. The third-order valence-electron chi connectivity index (χ3n) is 3.86. The number of ether oxygens (including phenoxy) is 1. The van der Waals surface area contributed by atoms with Crippen LogP contribution in [0.2, 0.25) is 0 Å². The van der Waals surface area contributed by atoms with Gasteiger partial charge in [0.1, 0.15) is 23.4 Å². The van der Waals surface area contributed by atoms with Crippen molar-refractivity contribution in [3.63, 3.8) is 0 Å². The van der Waals surface area contributed by atoms with Gasteiger partial charge in [0.2, 0.25) is 0 Å². The van der Waals surface area contributed by atoms with Crippen molar-refractivity contribution in [2.75, 3.05) is 6.61 Å². The topological polar surface area (TPSA) is 96.5 Å². The number of hydrogen-bond donors (Lipinski definition) is 3. The molecule has 2 rings (SSSR count). The summed E-state index contributed by atoms with van der Waals surface area (Å²) in [5, 5.41) is 2.45. The van der Waals surface area contributed by atoms with Gasteiger partial charge in [-0.15, -0.1) is 0 Å². The van der Waals surface area contributed by atoms with Crippen LogP contribution in [-0.2, 0) is 9.59 Å². The Morgan fingerprint density at radius 3 is 2.24 bits per heavy atom. The summed E-state index contributed by atoms with van der Waals surface area (Å²) in [6.45, 7) is 2.95. The first-order chi connectivity index (χ1) is 13.8. The molecule has 0 radical (unpaired) electrons. The average Bonchev–Trinajstić information content (AvgIpc) is 2.69. The highest BCUT2D eigenvalue weighted by molar-refractivity contribution is 5.98. The van der Waals surface area contributed by atoms with Crippen molar-refractivity contribution < 1.29 is 27.9 Å². The average molecular weight is 405 g/mol. The smallest absolute Gasteiger partial charge is 0.276 e. The van der Waals surface area contributed by atoms with Gasteiger partial charge in [-0.2, -0.15) is 0 Å². The van der Waals surface area contributed by atoms with Crippen molar-refractivity contribution in [2.45, 2.75) is 19.9 Å². The normalized spacial score (nSPS) is 11.5. The summed E-state index contributed by atoms with van der Waals surface area (Å²) < 4.78 is 31.7. The van der Waals surface area contributed by atoms with Crippen LogP contribution in [0.3, 0.4) is 0 Å². The molecule has 0 fully saturated rings. The molecule has 2 aromatic rings. The summed E-state index contributed by atoms with van der Waals surface area (Å²) in [6, 6.07) is 9.45. The molecule has 0 unspecified atom stereocenters. The molecule has 154 valence electrons. The first-order valence-electron chi connectivity index (χ1n) is 8.80. The second kappa shape index (κ2) is 10.2. The molecule has 0 aliphatic rings. The zero-order valence-corrected chi connectivity index (χ0v) is 15.9. The minimum absolute atomic E-state index is 0.192. The third-order valence-corrected chi connectivity index (χ3v) is 3.86. The van der Waals surface area contributed by atoms with Gasteiger partial charge in [0.25, 0.3) is 17.7 Å². The van der Waals surface area contributed by atoms with Crippen LogP contribution in [-0.4, -0.2) is 30.4 Å². The lowest BCUT2D eigenvalue weighted by Crippen LogP contribution is -2.55. The largest absolute Gasteiger partial charge is 0.484 e. The van der Waals surface area contributed by atoms with Crippen LogP contribution in [0.5, 0.6) is 5.75 Å². The maximum atomic E-state index is 13.7. The maximum absolute atomic E-state index is 13.7. The van der Waals surface area contributed by atoms with Gasteiger partial charge in [-0.1, -0.05) is 26.0 Å². The highest BCUT2D eigenvalue weighted by atomic mass is 19.1. The van der Waals surface area contributed by atoms with E-state index in [-0.39, 0.29) is 17.2 Å². The number of nitrogens with one attached hydrogen (secondary N) is 3. The Morgan fingerprint density at radius 2 is 1.62 bits per heavy atom. The molecule has 3 N–H and O–H groups in total. The minimum atomic E-state index is -1.01. The minimum Gasteiger partial charge on any atom is -0.484 e. The SMILES string of the molecule is CC(C)[C@@H](NC(=O)c1ccccc1F)C(=O)NNC(=O)COc1ccc(F)cc1. The second-order valence-electron chi connectivity index (χ2n) is 6.46. The van der Waals surface area contributed by atoms with E-state index in [0.717, 1.165) is 6.07 Å². The zero-order chi connectivity index (χ0) is 21.4. The Bertz CT molecular complexity index is 872. The molecule has 0 saturated carbocycles. The molecule has 0 saturated heterocycles. The Morgan fingerprint density at radius 1 is 0.966 bits per heavy atom. The lowest BCUT2D eigenvalue weighted by Gasteiger charge is -2.22. The highest BCUT2D eigenvalue weighted by Gasteiger charge is 2.26. The molecule has 0 heterocycles. The summed E-state index contributed by atoms with van der Waals surface area (Å²) in [4.78, 5) is 36.4. The van der Waals surface area contributed by atoms with Crippen LogP contribution >= 0.6 is 0 Å². The summed E-state index contributed by atoms with van der Waals surface area (Å²) in [7, 11) is 0. The molecule has 29 heavy (non-hydrogen) atoms. The highest BCUT2D eigenvalue weighted by Crippen LogP contribution is 2.11. The zero-order valence-electron chi connectivity index (χ0n) is 15.9. The van der Waals surface area contributed by atoms with E-state index in [1.54, 1.807) is 13.8 Å². The van der Waals surface area contributed by atoms with Crippen LogP contribution in [0.4, 0.5) is 8.78 Å². The van der Waals surface area contributed by atoms with E-state index >= 15 is 0 Å². The first-order valence-corrected chi connectivity index (χ1v) is 8.80. The number of hydrogen-bond acceptors (Lipinski definition) is 4. The molecule has 0 aromatic heterocycles. The van der Waals surface area contributed by atoms with Gasteiger partial charge in [-0.05, 0) is 42.3 Å². The molecule has 1 atom stereocenters. The first kappa shape index (κ1) is 21.8. The fraction of sp³-hybridized carbons (Fsp3) is 0.250. The lowest BCUT2D eigenvalue weighted by atomic mass is 10.0. The molecule has 0 aliphatic heterocycles. The third kappa shape index (κ3) is 6.56. The lowest BCUT2D eigenvalue weighted by molar-refractivity contribution is -0.131. The van der Waals surface area contributed by atoms with Gasteiger partial charge in [0, 0.05) is 0 Å². The summed E-state index contributed by atoms with van der Waals surface area (Å²) in [6.07, 6.45) is 0. The fourth-order valence-electron chi connectivity index (χ4n) is 2.32. The number of benzene rings is 2. The van der Waals surface area contributed by atoms with Crippen molar-refractivity contribution in [2.24, 2.45) is 5.92 Å². The number of carbonyl (C=O) groups excluding carboxylic acids is 3. The van der Waals surface area contributed by atoms with Gasteiger partial charge in [0.05, 0.1) is 5.56 Å². The van der Waals surface area contributed by atoms with Crippen LogP contribution < -0.4 is 20.9 Å². The van der Waals surface area contributed by atoms with Gasteiger partial charge >= 0.3 is 0 Å². The van der Waals surface area contributed by atoms with Crippen molar-refractivity contribution in [1.29, 1.82) is 0 Å². The van der Waals surface area contributed by atoms with E-state index in [1.165, 1.54) is 42.5 Å². The van der Waals surface area contributed by atoms with Crippen LogP contribution in [0.15, 0.2) is 48.5 Å². The van der Waals surface area contributed by atoms with E-state index in [0.29, 0.717) is 0 Å². The van der Waals surface area contributed by atoms with Gasteiger partial charge in [-0.25, -0.2) is 8.78 Å². The molecular weight excluding hydrogens is 384 g/mol. The van der Waals surface area contributed by atoms with Gasteiger partial charge < -0.3 is 10.1 Å². The number of carbonyl (C=O) groups is 3. The molecule has 3 amide bonds. The Kier molecular flexibility index (Phi) is 7.64. The Hall–Kier alpha value is -3.49. The summed E-state index contributed by atoms with van der Waals surface area (Å²) >= 11 is 0. The Labute approximate surface area is 166 Å². The van der Waals surface area contributed by atoms with Crippen molar-refractivity contribution >= 4 is 17.7 Å². The van der Waals surface area contributed by atoms with Gasteiger partial charge in [-0.3, -0.25) is 25.2 Å². The van der Waals surface area contributed by atoms with Crippen LogP contribution in [0.25, 0.3) is 0 Å². The molecule has 9 heteroatoms. The second-order valence-corrected chi connectivity index (χ2v) is 6.46. The number of halogens is 2. The number of rotatable bonds is 7. The summed E-state index contributed by atoms with van der Waals surface area (Å²) in [5.74, 6) is -3.29. The van der Waals surface area contributed by atoms with Crippen LogP contribution in [0, 0.1) is 17.6 Å².